The highest BCUT2D eigenvalue weighted by Crippen LogP contribution is 2.44. The van der Waals surface area contributed by atoms with Crippen molar-refractivity contribution >= 4 is 5.78 Å². The predicted octanol–water partition coefficient (Wildman–Crippen LogP) is 4.58. The van der Waals surface area contributed by atoms with E-state index in [-0.39, 0.29) is 5.92 Å². The van der Waals surface area contributed by atoms with E-state index in [0.717, 1.165) is 38.0 Å². The molecule has 1 aromatic rings. The molecule has 21 heavy (non-hydrogen) atoms. The van der Waals surface area contributed by atoms with Crippen LogP contribution < -0.4 is 4.74 Å². The van der Waals surface area contributed by atoms with Crippen LogP contribution in [-0.4, -0.2) is 12.4 Å². The lowest BCUT2D eigenvalue weighted by Crippen LogP contribution is -2.33. The molecule has 114 valence electrons. The Morgan fingerprint density at radius 3 is 2.71 bits per heavy atom. The zero-order valence-electron chi connectivity index (χ0n) is 13.4. The topological polar surface area (TPSA) is 26.3 Å². The van der Waals surface area contributed by atoms with Gasteiger partial charge in [0, 0.05) is 23.8 Å². The van der Waals surface area contributed by atoms with Crippen molar-refractivity contribution in [3.63, 3.8) is 0 Å². The van der Waals surface area contributed by atoms with Crippen molar-refractivity contribution in [1.29, 1.82) is 0 Å². The fourth-order valence-corrected chi connectivity index (χ4v) is 3.90. The zero-order valence-corrected chi connectivity index (χ0v) is 13.4. The van der Waals surface area contributed by atoms with Crippen LogP contribution >= 0.6 is 0 Å². The number of ketones is 1. The summed E-state index contributed by atoms with van der Waals surface area (Å²) in [6, 6.07) is 8.28. The van der Waals surface area contributed by atoms with Crippen LogP contribution in [0.25, 0.3) is 0 Å². The molecule has 3 atom stereocenters. The van der Waals surface area contributed by atoms with Gasteiger partial charge in [0.15, 0.2) is 0 Å². The van der Waals surface area contributed by atoms with E-state index >= 15 is 0 Å². The maximum Gasteiger partial charge on any atom is 0.136 e. The van der Waals surface area contributed by atoms with Gasteiger partial charge in [-0.1, -0.05) is 39.0 Å². The lowest BCUT2D eigenvalue weighted by molar-refractivity contribution is -0.127. The average molecular weight is 286 g/mol. The van der Waals surface area contributed by atoms with E-state index in [1.54, 1.807) is 0 Å². The number of ether oxygens (including phenoxy) is 1. The molecule has 1 aliphatic carbocycles. The SMILES string of the molecule is CC(C)(C)C1CCC(=O)C(CC2COc3ccccc32)C1. The molecule has 0 N–H and O–H groups in total. The highest BCUT2D eigenvalue weighted by molar-refractivity contribution is 5.81. The van der Waals surface area contributed by atoms with Crippen LogP contribution in [0, 0.1) is 17.3 Å². The van der Waals surface area contributed by atoms with Crippen LogP contribution in [-0.2, 0) is 4.79 Å². The lowest BCUT2D eigenvalue weighted by atomic mass is 9.67. The molecular weight excluding hydrogens is 260 g/mol. The number of hydrogen-bond donors (Lipinski definition) is 0. The fraction of sp³-hybridized carbons (Fsp3) is 0.632. The van der Waals surface area contributed by atoms with Crippen molar-refractivity contribution < 1.29 is 9.53 Å². The third-order valence-corrected chi connectivity index (χ3v) is 5.36. The molecule has 1 aromatic carbocycles. The van der Waals surface area contributed by atoms with Crippen molar-refractivity contribution in [2.45, 2.75) is 52.4 Å². The van der Waals surface area contributed by atoms with E-state index in [1.165, 1.54) is 5.56 Å². The van der Waals surface area contributed by atoms with E-state index in [4.69, 9.17) is 4.74 Å². The minimum Gasteiger partial charge on any atom is -0.493 e. The minimum absolute atomic E-state index is 0.225. The van der Waals surface area contributed by atoms with Gasteiger partial charge in [-0.25, -0.2) is 0 Å². The van der Waals surface area contributed by atoms with E-state index < -0.39 is 0 Å². The molecule has 0 spiro atoms. The molecule has 0 amide bonds. The van der Waals surface area contributed by atoms with Crippen molar-refractivity contribution in [3.05, 3.63) is 29.8 Å². The number of Topliss-reactive ketones (excluding diaryl/α,β-unsaturated/α-hetero) is 1. The third kappa shape index (κ3) is 3.00. The Bertz CT molecular complexity index is 527. The molecule has 0 aromatic heterocycles. The first kappa shape index (κ1) is 14.6. The van der Waals surface area contributed by atoms with Crippen LogP contribution in [0.5, 0.6) is 5.75 Å². The summed E-state index contributed by atoms with van der Waals surface area (Å²) in [5.41, 5.74) is 1.60. The molecule has 0 saturated heterocycles. The van der Waals surface area contributed by atoms with Crippen LogP contribution in [0.15, 0.2) is 24.3 Å². The fourth-order valence-electron chi connectivity index (χ4n) is 3.90. The standard InChI is InChI=1S/C19H26O2/c1-19(2,3)15-8-9-17(20)13(11-15)10-14-12-21-18-7-5-4-6-16(14)18/h4-7,13-15H,8-12H2,1-3H3. The van der Waals surface area contributed by atoms with Crippen LogP contribution in [0.4, 0.5) is 0 Å². The van der Waals surface area contributed by atoms with E-state index in [1.807, 2.05) is 12.1 Å². The Hall–Kier alpha value is -1.31. The largest absolute Gasteiger partial charge is 0.493 e. The maximum absolute atomic E-state index is 12.3. The monoisotopic (exact) mass is 286 g/mol. The van der Waals surface area contributed by atoms with E-state index in [2.05, 4.69) is 32.9 Å². The van der Waals surface area contributed by atoms with Gasteiger partial charge >= 0.3 is 0 Å². The normalized spacial score (nSPS) is 29.1. The predicted molar refractivity (Wildman–Crippen MR) is 84.6 cm³/mol. The van der Waals surface area contributed by atoms with Crippen molar-refractivity contribution in [3.8, 4) is 5.75 Å². The van der Waals surface area contributed by atoms with Crippen molar-refractivity contribution in [2.75, 3.05) is 6.61 Å². The van der Waals surface area contributed by atoms with Gasteiger partial charge in [-0.2, -0.15) is 0 Å². The molecule has 1 saturated carbocycles. The Labute approximate surface area is 127 Å². The Balaban J connectivity index is 1.71. The van der Waals surface area contributed by atoms with Gasteiger partial charge in [0.1, 0.15) is 11.5 Å². The molecule has 3 unspecified atom stereocenters. The second-order valence-electron chi connectivity index (χ2n) is 7.78. The molecule has 1 aliphatic heterocycles. The number of carbonyl (C=O) groups is 1. The quantitative estimate of drug-likeness (QED) is 0.795. The van der Waals surface area contributed by atoms with E-state index in [0.29, 0.717) is 23.0 Å². The molecule has 0 bridgehead atoms. The summed E-state index contributed by atoms with van der Waals surface area (Å²) >= 11 is 0. The summed E-state index contributed by atoms with van der Waals surface area (Å²) in [5.74, 6) is 2.77. The van der Waals surface area contributed by atoms with Gasteiger partial charge < -0.3 is 4.74 Å². The van der Waals surface area contributed by atoms with Gasteiger partial charge in [0.05, 0.1) is 6.61 Å². The molecule has 1 fully saturated rings. The first-order valence-electron chi connectivity index (χ1n) is 8.19. The number of benzene rings is 1. The molecular formula is C19H26O2. The number of fused-ring (bicyclic) bond motifs is 1. The average Bonchev–Trinajstić information content (AvgIpc) is 2.83. The highest BCUT2D eigenvalue weighted by Gasteiger charge is 2.37. The summed E-state index contributed by atoms with van der Waals surface area (Å²) in [7, 11) is 0. The first-order chi connectivity index (χ1) is 9.95. The second-order valence-corrected chi connectivity index (χ2v) is 7.78. The summed E-state index contributed by atoms with van der Waals surface area (Å²) in [4.78, 5) is 12.3. The molecule has 3 rings (SSSR count). The van der Waals surface area contributed by atoms with E-state index in [9.17, 15) is 4.79 Å². The van der Waals surface area contributed by atoms with Crippen LogP contribution in [0.2, 0.25) is 0 Å². The first-order valence-corrected chi connectivity index (χ1v) is 8.19. The maximum atomic E-state index is 12.3. The highest BCUT2D eigenvalue weighted by atomic mass is 16.5. The molecule has 1 heterocycles. The van der Waals surface area contributed by atoms with Crippen molar-refractivity contribution in [2.24, 2.45) is 17.3 Å². The summed E-state index contributed by atoms with van der Waals surface area (Å²) in [6.07, 6.45) is 3.85. The smallest absolute Gasteiger partial charge is 0.136 e. The molecule has 2 aliphatic rings. The number of rotatable bonds is 2. The zero-order chi connectivity index (χ0) is 15.0. The second kappa shape index (κ2) is 5.47. The number of carbonyl (C=O) groups excluding carboxylic acids is 1. The molecule has 2 nitrogen and oxygen atoms in total. The third-order valence-electron chi connectivity index (χ3n) is 5.36. The van der Waals surface area contributed by atoms with Gasteiger partial charge in [-0.15, -0.1) is 0 Å². The Morgan fingerprint density at radius 2 is 1.95 bits per heavy atom. The van der Waals surface area contributed by atoms with Crippen LogP contribution in [0.1, 0.15) is 57.9 Å². The van der Waals surface area contributed by atoms with Gasteiger partial charge in [0.2, 0.25) is 0 Å². The number of hydrogen-bond acceptors (Lipinski definition) is 2. The summed E-state index contributed by atoms with van der Waals surface area (Å²) in [6.45, 7) is 7.65. The van der Waals surface area contributed by atoms with Crippen LogP contribution in [0.3, 0.4) is 0 Å². The van der Waals surface area contributed by atoms with Gasteiger partial charge in [-0.05, 0) is 36.7 Å². The Kier molecular flexibility index (Phi) is 3.81. The summed E-state index contributed by atoms with van der Waals surface area (Å²) in [5, 5.41) is 0. The van der Waals surface area contributed by atoms with Gasteiger partial charge in [-0.3, -0.25) is 4.79 Å². The number of para-hydroxylation sites is 1. The summed E-state index contributed by atoms with van der Waals surface area (Å²) < 4.78 is 5.77. The molecule has 0 radical (unpaired) electrons. The Morgan fingerprint density at radius 1 is 1.19 bits per heavy atom. The minimum atomic E-state index is 0.225. The lowest BCUT2D eigenvalue weighted by Gasteiger charge is -2.37. The van der Waals surface area contributed by atoms with Gasteiger partial charge in [0.25, 0.3) is 0 Å². The van der Waals surface area contributed by atoms with Crippen molar-refractivity contribution in [1.82, 2.24) is 0 Å². The molecule has 2 heteroatoms.